The van der Waals surface area contributed by atoms with Crippen molar-refractivity contribution in [2.24, 2.45) is 5.73 Å². The number of nitrogens with zero attached hydrogens (tertiary/aromatic N) is 2. The molecule has 1 heterocycles. The van der Waals surface area contributed by atoms with E-state index >= 15 is 0 Å². The number of aryl methyl sites for hydroxylation is 1. The number of aromatic nitrogens is 2. The molecule has 7 nitrogen and oxygen atoms in total. The van der Waals surface area contributed by atoms with Gasteiger partial charge in [-0.1, -0.05) is 25.1 Å². The second-order valence-electron chi connectivity index (χ2n) is 5.85. The smallest absolute Gasteiger partial charge is 0.269 e. The van der Waals surface area contributed by atoms with Crippen molar-refractivity contribution < 1.29 is 14.3 Å². The van der Waals surface area contributed by atoms with Crippen molar-refractivity contribution in [2.45, 2.75) is 13.3 Å². The van der Waals surface area contributed by atoms with E-state index < -0.39 is 5.91 Å². The molecule has 3 rings (SSSR count). The number of nitrogens with one attached hydrogen (secondary N) is 1. The molecule has 1 aromatic heterocycles. The highest BCUT2D eigenvalue weighted by Gasteiger charge is 2.08. The first-order chi connectivity index (χ1) is 13.1. The first kappa shape index (κ1) is 18.2. The number of carbonyl (C=O) groups excluding carboxylic acids is 2. The number of ether oxygens (including phenoxy) is 1. The number of anilines is 1. The Kier molecular flexibility index (Phi) is 5.51. The van der Waals surface area contributed by atoms with E-state index in [1.54, 1.807) is 36.5 Å². The number of benzene rings is 2. The molecule has 0 aliphatic rings. The molecule has 0 atom stereocenters. The maximum Gasteiger partial charge on any atom is 0.269 e. The monoisotopic (exact) mass is 364 g/mol. The third-order valence-electron chi connectivity index (χ3n) is 3.97. The molecule has 0 radical (unpaired) electrons. The number of amides is 2. The van der Waals surface area contributed by atoms with Gasteiger partial charge in [-0.15, -0.1) is 0 Å². The molecule has 27 heavy (non-hydrogen) atoms. The molecule has 2 amide bonds. The van der Waals surface area contributed by atoms with Gasteiger partial charge in [0.15, 0.2) is 6.61 Å². The number of hydrogen-bond donors (Lipinski definition) is 2. The number of hydrogen-bond acceptors (Lipinski definition) is 4. The van der Waals surface area contributed by atoms with E-state index in [0.717, 1.165) is 23.4 Å². The highest BCUT2D eigenvalue weighted by Crippen LogP contribution is 2.18. The van der Waals surface area contributed by atoms with E-state index in [1.165, 1.54) is 4.68 Å². The van der Waals surface area contributed by atoms with Crippen LogP contribution in [0.4, 0.5) is 5.69 Å². The molecule has 2 aromatic carbocycles. The molecule has 0 unspecified atom stereocenters. The van der Waals surface area contributed by atoms with Crippen LogP contribution in [0.2, 0.25) is 0 Å². The second-order valence-corrected chi connectivity index (χ2v) is 5.85. The van der Waals surface area contributed by atoms with Gasteiger partial charge in [0.1, 0.15) is 11.4 Å². The summed E-state index contributed by atoms with van der Waals surface area (Å²) in [6.07, 6.45) is 2.48. The predicted octanol–water partition coefficient (Wildman–Crippen LogP) is 2.55. The number of para-hydroxylation sites is 1. The van der Waals surface area contributed by atoms with Crippen LogP contribution < -0.4 is 15.8 Å². The Morgan fingerprint density at radius 3 is 2.52 bits per heavy atom. The fraction of sp³-hybridized carbons (Fsp3) is 0.150. The SMILES string of the molecule is CCc1ccccc1OCC(=O)Nc1ccc(-n2ccc(C(N)=O)n2)cc1. The highest BCUT2D eigenvalue weighted by atomic mass is 16.5. The summed E-state index contributed by atoms with van der Waals surface area (Å²) in [5, 5.41) is 6.87. The molecule has 3 N–H and O–H groups in total. The fourth-order valence-electron chi connectivity index (χ4n) is 2.57. The zero-order chi connectivity index (χ0) is 19.2. The van der Waals surface area contributed by atoms with Crippen molar-refractivity contribution in [3.63, 3.8) is 0 Å². The molecule has 0 bridgehead atoms. The van der Waals surface area contributed by atoms with Gasteiger partial charge in [0, 0.05) is 11.9 Å². The number of rotatable bonds is 7. The van der Waals surface area contributed by atoms with Gasteiger partial charge in [0.2, 0.25) is 0 Å². The summed E-state index contributed by atoms with van der Waals surface area (Å²) in [5.41, 5.74) is 7.83. The quantitative estimate of drug-likeness (QED) is 0.673. The van der Waals surface area contributed by atoms with Crippen LogP contribution in [0.15, 0.2) is 60.8 Å². The summed E-state index contributed by atoms with van der Waals surface area (Å²) in [6.45, 7) is 1.97. The first-order valence-electron chi connectivity index (χ1n) is 8.53. The van der Waals surface area contributed by atoms with E-state index in [-0.39, 0.29) is 18.2 Å². The van der Waals surface area contributed by atoms with E-state index in [0.29, 0.717) is 5.69 Å². The Morgan fingerprint density at radius 2 is 1.85 bits per heavy atom. The van der Waals surface area contributed by atoms with E-state index in [9.17, 15) is 9.59 Å². The Morgan fingerprint density at radius 1 is 1.11 bits per heavy atom. The van der Waals surface area contributed by atoms with Crippen LogP contribution in [0.3, 0.4) is 0 Å². The minimum atomic E-state index is -0.581. The maximum atomic E-state index is 12.1. The largest absolute Gasteiger partial charge is 0.483 e. The predicted molar refractivity (Wildman–Crippen MR) is 102 cm³/mol. The zero-order valence-electron chi connectivity index (χ0n) is 14.9. The molecule has 3 aromatic rings. The Bertz CT molecular complexity index is 948. The Balaban J connectivity index is 1.59. The molecule has 0 aliphatic heterocycles. The molecular weight excluding hydrogens is 344 g/mol. The van der Waals surface area contributed by atoms with Gasteiger partial charge in [0.25, 0.3) is 11.8 Å². The van der Waals surface area contributed by atoms with Crippen molar-refractivity contribution in [1.82, 2.24) is 9.78 Å². The van der Waals surface area contributed by atoms with Crippen LogP contribution in [-0.2, 0) is 11.2 Å². The molecular formula is C20H20N4O3. The van der Waals surface area contributed by atoms with Gasteiger partial charge in [-0.2, -0.15) is 5.10 Å². The lowest BCUT2D eigenvalue weighted by Gasteiger charge is -2.11. The molecule has 0 aliphatic carbocycles. The average Bonchev–Trinajstić information content (AvgIpc) is 3.18. The molecule has 138 valence electrons. The summed E-state index contributed by atoms with van der Waals surface area (Å²) in [4.78, 5) is 23.2. The van der Waals surface area contributed by atoms with Crippen LogP contribution in [0.1, 0.15) is 23.0 Å². The van der Waals surface area contributed by atoms with Gasteiger partial charge in [-0.3, -0.25) is 9.59 Å². The first-order valence-corrected chi connectivity index (χ1v) is 8.53. The zero-order valence-corrected chi connectivity index (χ0v) is 14.9. The molecule has 0 saturated carbocycles. The minimum absolute atomic E-state index is 0.0696. The number of carbonyl (C=O) groups is 2. The van der Waals surface area contributed by atoms with E-state index in [2.05, 4.69) is 10.4 Å². The fourth-order valence-corrected chi connectivity index (χ4v) is 2.57. The molecule has 7 heteroatoms. The molecule has 0 spiro atoms. The number of primary amides is 1. The van der Waals surface area contributed by atoms with E-state index in [4.69, 9.17) is 10.5 Å². The van der Waals surface area contributed by atoms with Gasteiger partial charge in [-0.05, 0) is 48.4 Å². The second kappa shape index (κ2) is 8.18. The third-order valence-corrected chi connectivity index (χ3v) is 3.97. The van der Waals surface area contributed by atoms with Crippen LogP contribution in [0, 0.1) is 0 Å². The lowest BCUT2D eigenvalue weighted by atomic mass is 10.1. The Labute approximate surface area is 156 Å². The topological polar surface area (TPSA) is 99.2 Å². The average molecular weight is 364 g/mol. The van der Waals surface area contributed by atoms with Crippen LogP contribution in [0.5, 0.6) is 5.75 Å². The van der Waals surface area contributed by atoms with E-state index in [1.807, 2.05) is 31.2 Å². The normalized spacial score (nSPS) is 10.4. The van der Waals surface area contributed by atoms with Crippen molar-refractivity contribution >= 4 is 17.5 Å². The van der Waals surface area contributed by atoms with Crippen molar-refractivity contribution in [1.29, 1.82) is 0 Å². The Hall–Kier alpha value is -3.61. The van der Waals surface area contributed by atoms with Crippen LogP contribution in [0.25, 0.3) is 5.69 Å². The van der Waals surface area contributed by atoms with Gasteiger partial charge in [-0.25, -0.2) is 4.68 Å². The van der Waals surface area contributed by atoms with Crippen LogP contribution in [-0.4, -0.2) is 28.2 Å². The summed E-state index contributed by atoms with van der Waals surface area (Å²) in [6, 6.07) is 16.3. The molecule has 0 saturated heterocycles. The standard InChI is InChI=1S/C20H20N4O3/c1-2-14-5-3-4-6-18(14)27-13-19(25)22-15-7-9-16(10-8-15)24-12-11-17(23-24)20(21)26/h3-12H,2,13H2,1H3,(H2,21,26)(H,22,25). The lowest BCUT2D eigenvalue weighted by Crippen LogP contribution is -2.20. The highest BCUT2D eigenvalue weighted by molar-refractivity contribution is 5.92. The van der Waals surface area contributed by atoms with Gasteiger partial charge in [0.05, 0.1) is 5.69 Å². The summed E-state index contributed by atoms with van der Waals surface area (Å²) < 4.78 is 7.15. The van der Waals surface area contributed by atoms with Gasteiger partial charge < -0.3 is 15.8 Å². The molecule has 0 fully saturated rings. The summed E-state index contributed by atoms with van der Waals surface area (Å²) >= 11 is 0. The van der Waals surface area contributed by atoms with Crippen molar-refractivity contribution in [2.75, 3.05) is 11.9 Å². The van der Waals surface area contributed by atoms with Crippen molar-refractivity contribution in [3.05, 3.63) is 72.1 Å². The third kappa shape index (κ3) is 4.52. The van der Waals surface area contributed by atoms with Gasteiger partial charge >= 0.3 is 0 Å². The minimum Gasteiger partial charge on any atom is -0.483 e. The summed E-state index contributed by atoms with van der Waals surface area (Å²) in [7, 11) is 0. The maximum absolute atomic E-state index is 12.1. The lowest BCUT2D eigenvalue weighted by molar-refractivity contribution is -0.118. The summed E-state index contributed by atoms with van der Waals surface area (Å²) in [5.74, 6) is -0.111. The number of nitrogens with two attached hydrogens (primary N) is 1. The van der Waals surface area contributed by atoms with Crippen LogP contribution >= 0.6 is 0 Å². The van der Waals surface area contributed by atoms with Crippen molar-refractivity contribution in [3.8, 4) is 11.4 Å².